The molecule has 0 aromatic heterocycles. The lowest BCUT2D eigenvalue weighted by atomic mass is 9.77. The molecule has 2 aliphatic rings. The smallest absolute Gasteiger partial charge is 0.460 e. The van der Waals surface area contributed by atoms with E-state index >= 15 is 0 Å². The lowest BCUT2D eigenvalue weighted by Crippen LogP contribution is -2.41. The minimum Gasteiger partial charge on any atom is -0.460 e. The van der Waals surface area contributed by atoms with E-state index in [1.54, 1.807) is 0 Å². The summed E-state index contributed by atoms with van der Waals surface area (Å²) in [6, 6.07) is 8.34. The first-order valence-corrected chi connectivity index (χ1v) is 9.52. The molecule has 1 aromatic rings. The fourth-order valence-electron chi connectivity index (χ4n) is 3.35. The van der Waals surface area contributed by atoms with Gasteiger partial charge in [-0.05, 0) is 72.3 Å². The number of ether oxygens (including phenoxy) is 1. The van der Waals surface area contributed by atoms with E-state index in [1.165, 1.54) is 5.56 Å². The molecule has 1 aliphatic carbocycles. The van der Waals surface area contributed by atoms with Gasteiger partial charge in [-0.1, -0.05) is 24.3 Å². The third kappa shape index (κ3) is 3.84. The average Bonchev–Trinajstić information content (AvgIpc) is 3.20. The number of hydrogen-bond acceptors (Lipinski definition) is 4. The van der Waals surface area contributed by atoms with Gasteiger partial charge in [-0.3, -0.25) is 4.79 Å². The Balaban J connectivity index is 1.70. The maximum Gasteiger partial charge on any atom is 0.494 e. The lowest BCUT2D eigenvalue weighted by molar-refractivity contribution is -0.155. The van der Waals surface area contributed by atoms with Crippen LogP contribution in [0.1, 0.15) is 73.3 Å². The summed E-state index contributed by atoms with van der Waals surface area (Å²) >= 11 is 0. The molecule has 142 valence electrons. The second-order valence-electron chi connectivity index (χ2n) is 9.75. The van der Waals surface area contributed by atoms with Gasteiger partial charge in [0.15, 0.2) is 0 Å². The van der Waals surface area contributed by atoms with Crippen LogP contribution in [0.4, 0.5) is 0 Å². The third-order valence-corrected chi connectivity index (χ3v) is 5.80. The van der Waals surface area contributed by atoms with Crippen LogP contribution in [-0.2, 0) is 24.3 Å². The van der Waals surface area contributed by atoms with Gasteiger partial charge in [-0.15, -0.1) is 0 Å². The van der Waals surface area contributed by atoms with Crippen molar-refractivity contribution >= 4 is 18.6 Å². The maximum absolute atomic E-state index is 12.2. The summed E-state index contributed by atoms with van der Waals surface area (Å²) in [6.45, 7) is 13.9. The van der Waals surface area contributed by atoms with Crippen molar-refractivity contribution < 1.29 is 18.8 Å². The Morgan fingerprint density at radius 3 is 1.96 bits per heavy atom. The highest BCUT2D eigenvalue weighted by atomic mass is 16.7. The predicted octanol–water partition coefficient (Wildman–Crippen LogP) is 3.75. The molecule has 5 heteroatoms. The van der Waals surface area contributed by atoms with E-state index in [9.17, 15) is 4.79 Å². The summed E-state index contributed by atoms with van der Waals surface area (Å²) in [5, 5.41) is 0. The van der Waals surface area contributed by atoms with E-state index in [2.05, 4.69) is 52.0 Å². The molecule has 4 nitrogen and oxygen atoms in total. The van der Waals surface area contributed by atoms with Gasteiger partial charge >= 0.3 is 13.1 Å². The number of rotatable bonds is 4. The molecule has 1 aliphatic heterocycles. The highest BCUT2D eigenvalue weighted by molar-refractivity contribution is 6.62. The maximum atomic E-state index is 12.2. The SMILES string of the molecule is CC(C)(C)OC(=O)CC1(c2ccc(B3OC(C)(C)C(C)(C)O3)cc2)CC1. The van der Waals surface area contributed by atoms with Gasteiger partial charge in [-0.2, -0.15) is 0 Å². The summed E-state index contributed by atoms with van der Waals surface area (Å²) in [7, 11) is -0.352. The Morgan fingerprint density at radius 2 is 1.54 bits per heavy atom. The first-order valence-electron chi connectivity index (χ1n) is 9.52. The van der Waals surface area contributed by atoms with Crippen molar-refractivity contribution in [3.05, 3.63) is 29.8 Å². The second kappa shape index (κ2) is 6.10. The first kappa shape index (κ1) is 19.4. The summed E-state index contributed by atoms with van der Waals surface area (Å²) in [5.41, 5.74) is 1.03. The molecule has 1 saturated heterocycles. The Morgan fingerprint density at radius 1 is 1.04 bits per heavy atom. The van der Waals surface area contributed by atoms with E-state index in [1.807, 2.05) is 20.8 Å². The van der Waals surface area contributed by atoms with Crippen LogP contribution in [0.25, 0.3) is 0 Å². The molecule has 1 heterocycles. The van der Waals surface area contributed by atoms with Gasteiger partial charge in [0.1, 0.15) is 5.60 Å². The van der Waals surface area contributed by atoms with Crippen LogP contribution < -0.4 is 5.46 Å². The van der Waals surface area contributed by atoms with Crippen molar-refractivity contribution in [2.24, 2.45) is 0 Å². The highest BCUT2D eigenvalue weighted by Crippen LogP contribution is 2.51. The van der Waals surface area contributed by atoms with Gasteiger partial charge in [0, 0.05) is 5.41 Å². The van der Waals surface area contributed by atoms with Crippen molar-refractivity contribution in [2.45, 2.75) is 89.9 Å². The number of esters is 1. The van der Waals surface area contributed by atoms with Crippen molar-refractivity contribution in [3.63, 3.8) is 0 Å². The molecule has 0 radical (unpaired) electrons. The van der Waals surface area contributed by atoms with Crippen molar-refractivity contribution in [2.75, 3.05) is 0 Å². The molecule has 1 saturated carbocycles. The summed E-state index contributed by atoms with van der Waals surface area (Å²) in [6.07, 6.45) is 2.50. The van der Waals surface area contributed by atoms with Crippen LogP contribution in [0.3, 0.4) is 0 Å². The van der Waals surface area contributed by atoms with Crippen LogP contribution in [0.5, 0.6) is 0 Å². The quantitative estimate of drug-likeness (QED) is 0.607. The Labute approximate surface area is 157 Å². The zero-order chi connectivity index (χ0) is 19.4. The van der Waals surface area contributed by atoms with E-state index in [-0.39, 0.29) is 29.7 Å². The normalized spacial score (nSPS) is 23.0. The topological polar surface area (TPSA) is 44.8 Å². The molecule has 0 unspecified atom stereocenters. The second-order valence-corrected chi connectivity index (χ2v) is 9.75. The van der Waals surface area contributed by atoms with E-state index < -0.39 is 5.60 Å². The molecule has 26 heavy (non-hydrogen) atoms. The van der Waals surface area contributed by atoms with E-state index in [0.29, 0.717) is 6.42 Å². The first-order chi connectivity index (χ1) is 11.8. The lowest BCUT2D eigenvalue weighted by Gasteiger charge is -2.32. The van der Waals surface area contributed by atoms with Gasteiger partial charge < -0.3 is 14.0 Å². The molecule has 2 fully saturated rings. The number of benzene rings is 1. The summed E-state index contributed by atoms with van der Waals surface area (Å²) in [4.78, 5) is 12.2. The molecule has 1 aromatic carbocycles. The Kier molecular flexibility index (Phi) is 4.56. The van der Waals surface area contributed by atoms with Crippen molar-refractivity contribution in [1.82, 2.24) is 0 Å². The van der Waals surface area contributed by atoms with Crippen LogP contribution in [-0.4, -0.2) is 29.9 Å². The molecule has 0 spiro atoms. The van der Waals surface area contributed by atoms with Gasteiger partial charge in [0.2, 0.25) is 0 Å². The number of hydrogen-bond donors (Lipinski definition) is 0. The van der Waals surface area contributed by atoms with Crippen molar-refractivity contribution in [1.29, 1.82) is 0 Å². The summed E-state index contributed by atoms with van der Waals surface area (Å²) in [5.74, 6) is -0.120. The van der Waals surface area contributed by atoms with Gasteiger partial charge in [0.05, 0.1) is 17.6 Å². The fourth-order valence-corrected chi connectivity index (χ4v) is 3.35. The average molecular weight is 358 g/mol. The van der Waals surface area contributed by atoms with Crippen LogP contribution in [0.15, 0.2) is 24.3 Å². The molecule has 0 amide bonds. The van der Waals surface area contributed by atoms with Crippen LogP contribution in [0.2, 0.25) is 0 Å². The monoisotopic (exact) mass is 358 g/mol. The third-order valence-electron chi connectivity index (χ3n) is 5.80. The zero-order valence-electron chi connectivity index (χ0n) is 17.1. The van der Waals surface area contributed by atoms with Crippen LogP contribution in [0, 0.1) is 0 Å². The highest BCUT2D eigenvalue weighted by Gasteiger charge is 2.52. The predicted molar refractivity (Wildman–Crippen MR) is 104 cm³/mol. The number of carbonyl (C=O) groups excluding carboxylic acids is 1. The Hall–Kier alpha value is -1.33. The molecule has 0 N–H and O–H groups in total. The largest absolute Gasteiger partial charge is 0.494 e. The van der Waals surface area contributed by atoms with E-state index in [0.717, 1.165) is 18.3 Å². The molecule has 0 bridgehead atoms. The minimum absolute atomic E-state index is 0.0587. The zero-order valence-corrected chi connectivity index (χ0v) is 17.1. The molecular weight excluding hydrogens is 327 g/mol. The minimum atomic E-state index is -0.437. The number of carbonyl (C=O) groups is 1. The molecule has 0 atom stereocenters. The van der Waals surface area contributed by atoms with E-state index in [4.69, 9.17) is 14.0 Å². The molecule has 3 rings (SSSR count). The van der Waals surface area contributed by atoms with Gasteiger partial charge in [-0.25, -0.2) is 0 Å². The van der Waals surface area contributed by atoms with Crippen LogP contribution >= 0.6 is 0 Å². The molecular formula is C21H31BO4. The fraction of sp³-hybridized carbons (Fsp3) is 0.667. The van der Waals surface area contributed by atoms with Crippen molar-refractivity contribution in [3.8, 4) is 0 Å². The van der Waals surface area contributed by atoms with Gasteiger partial charge in [0.25, 0.3) is 0 Å². The standard InChI is InChI=1S/C21H31BO4/c1-18(2,3)24-17(23)14-21(12-13-21)15-8-10-16(11-9-15)22-25-19(4,5)20(6,7)26-22/h8-11H,12-14H2,1-7H3. The summed E-state index contributed by atoms with van der Waals surface area (Å²) < 4.78 is 17.7. The Bertz CT molecular complexity index is 665.